The Labute approximate surface area is 462 Å². The lowest BCUT2D eigenvalue weighted by Crippen LogP contribution is -2.59. The lowest BCUT2D eigenvalue weighted by molar-refractivity contribution is -0.194. The van der Waals surface area contributed by atoms with Crippen LogP contribution < -0.4 is 31.9 Å². The largest absolute Gasteiger partial charge is 0.464 e. The van der Waals surface area contributed by atoms with Crippen molar-refractivity contribution in [2.75, 3.05) is 61.3 Å². The number of amides is 6. The summed E-state index contributed by atoms with van der Waals surface area (Å²) in [4.78, 5) is 109. The molecule has 2 unspecified atom stereocenters. The molecule has 0 bridgehead atoms. The summed E-state index contributed by atoms with van der Waals surface area (Å²) in [5, 5.41) is 26.7. The molecule has 0 saturated carbocycles. The molecule has 1 aliphatic rings. The second-order valence-electron chi connectivity index (χ2n) is 20.8. The topological polar surface area (TPSA) is 288 Å². The number of methoxy groups -OCH3 is 3. The van der Waals surface area contributed by atoms with Gasteiger partial charge in [-0.25, -0.2) is 4.79 Å². The van der Waals surface area contributed by atoms with Gasteiger partial charge in [0.15, 0.2) is 6.29 Å². The highest BCUT2D eigenvalue weighted by Crippen LogP contribution is 2.29. The summed E-state index contributed by atoms with van der Waals surface area (Å²) in [7, 11) is 6.09. The van der Waals surface area contributed by atoms with Gasteiger partial charge in [0.1, 0.15) is 24.7 Å². The first-order chi connectivity index (χ1) is 37.1. The van der Waals surface area contributed by atoms with E-state index in [1.54, 1.807) is 18.9 Å². The smallest absolute Gasteiger partial charge is 0.328 e. The molecule has 2 rings (SSSR count). The Balaban J connectivity index is 2.03. The van der Waals surface area contributed by atoms with Crippen LogP contribution in [0.3, 0.4) is 0 Å². The highest BCUT2D eigenvalue weighted by molar-refractivity contribution is 5.91. The lowest BCUT2D eigenvalue weighted by Gasteiger charge is -2.37. The van der Waals surface area contributed by atoms with E-state index >= 15 is 0 Å². The van der Waals surface area contributed by atoms with Crippen LogP contribution in [-0.4, -0.2) is 180 Å². The molecule has 0 radical (unpaired) electrons. The minimum absolute atomic E-state index is 0.00876. The summed E-state index contributed by atoms with van der Waals surface area (Å²) in [5.74, 6) is -4.67. The predicted molar refractivity (Wildman–Crippen MR) is 292 cm³/mol. The van der Waals surface area contributed by atoms with Gasteiger partial charge in [0, 0.05) is 53.7 Å². The molecule has 444 valence electrons. The average molecular weight is 1110 g/mol. The number of rotatable bonds is 38. The molecular weight excluding hydrogens is 1010 g/mol. The summed E-state index contributed by atoms with van der Waals surface area (Å²) in [6.45, 7) is 16.6. The zero-order chi connectivity index (χ0) is 58.5. The number of hydrogen-bond acceptors (Lipinski definition) is 16. The first-order valence-electron chi connectivity index (χ1n) is 27.8. The van der Waals surface area contributed by atoms with Crippen LogP contribution in [0.1, 0.15) is 126 Å². The van der Waals surface area contributed by atoms with Crippen LogP contribution in [0.2, 0.25) is 0 Å². The van der Waals surface area contributed by atoms with E-state index in [2.05, 4.69) is 31.9 Å². The first-order valence-corrected chi connectivity index (χ1v) is 27.8. The Morgan fingerprint density at radius 2 is 1.41 bits per heavy atom. The van der Waals surface area contributed by atoms with Crippen molar-refractivity contribution in [2.45, 2.75) is 187 Å². The summed E-state index contributed by atoms with van der Waals surface area (Å²) in [6, 6.07) is 4.84. The molecule has 1 saturated heterocycles. The van der Waals surface area contributed by atoms with Crippen molar-refractivity contribution < 1.29 is 71.9 Å². The van der Waals surface area contributed by atoms with E-state index in [1.165, 1.54) is 28.3 Å². The van der Waals surface area contributed by atoms with Crippen molar-refractivity contribution in [1.29, 1.82) is 0 Å². The minimum Gasteiger partial charge on any atom is -0.464 e. The number of carbonyl (C=O) groups is 8. The number of aliphatic hydroxyl groups excluding tert-OH is 1. The number of ether oxygens (including phenoxy) is 6. The molecule has 22 nitrogen and oxygen atoms in total. The number of hydrogen-bond donors (Lipinski definition) is 7. The molecule has 78 heavy (non-hydrogen) atoms. The lowest BCUT2D eigenvalue weighted by atomic mass is 9.90. The van der Waals surface area contributed by atoms with E-state index < -0.39 is 96.4 Å². The van der Waals surface area contributed by atoms with Crippen molar-refractivity contribution in [3.05, 3.63) is 35.9 Å². The molecule has 1 fully saturated rings. The molecule has 0 aliphatic carbocycles. The predicted octanol–water partition coefficient (Wildman–Crippen LogP) is 2.70. The molecule has 0 aromatic heterocycles. The fraction of sp³-hybridized carbons (Fsp3) is 0.750. The van der Waals surface area contributed by atoms with Gasteiger partial charge < -0.3 is 70.3 Å². The maximum atomic E-state index is 14.3. The second kappa shape index (κ2) is 36.8. The quantitative estimate of drug-likeness (QED) is 0.0285. The molecule has 1 heterocycles. The van der Waals surface area contributed by atoms with Crippen molar-refractivity contribution in [3.63, 3.8) is 0 Å². The van der Waals surface area contributed by atoms with Gasteiger partial charge in [-0.2, -0.15) is 0 Å². The number of esters is 2. The summed E-state index contributed by atoms with van der Waals surface area (Å²) in [6.07, 6.45) is 0.0695. The highest BCUT2D eigenvalue weighted by Gasteiger charge is 2.42. The summed E-state index contributed by atoms with van der Waals surface area (Å²) in [5.41, 5.74) is 0.801. The number of aliphatic hydroxyl groups is 1. The van der Waals surface area contributed by atoms with E-state index in [0.29, 0.717) is 32.2 Å². The van der Waals surface area contributed by atoms with Gasteiger partial charge in [0.05, 0.1) is 62.0 Å². The van der Waals surface area contributed by atoms with Gasteiger partial charge >= 0.3 is 11.9 Å². The molecule has 0 spiro atoms. The number of carbonyl (C=O) groups excluding carboxylic acids is 8. The van der Waals surface area contributed by atoms with E-state index in [0.717, 1.165) is 5.56 Å². The van der Waals surface area contributed by atoms with Gasteiger partial charge in [-0.1, -0.05) is 92.1 Å². The molecule has 1 aromatic carbocycles. The third-order valence-corrected chi connectivity index (χ3v) is 14.3. The third-order valence-electron chi connectivity index (χ3n) is 14.3. The molecule has 12 atom stereocenters. The first kappa shape index (κ1) is 68.8. The number of benzene rings is 1. The number of likely N-dealkylation sites (tertiary alicyclic amines) is 1. The molecule has 1 aliphatic heterocycles. The second-order valence-corrected chi connectivity index (χ2v) is 20.8. The van der Waals surface area contributed by atoms with Gasteiger partial charge in [-0.05, 0) is 69.4 Å². The molecular formula is C56H95N7O15. The SMILES string of the molecule is CCC(CO)OC(COC(=O)CCCC(=O)N[C@@H](C)C(=O)OCCCNC(=O)[C@H](Cc1ccccc1)NC(=O)[C@H](C)[C@@H](OC)[C@@H]1CCCN1C(=O)C[C@@H](OC)[C@@H](NC(=O)[C@@H](NC(=O)[C@@H](NC)C(C)C)C(C)C)[C@@H](C)CC)OC. The highest BCUT2D eigenvalue weighted by atomic mass is 16.7. The molecule has 7 N–H and O–H groups in total. The molecule has 1 aromatic rings. The zero-order valence-corrected chi connectivity index (χ0v) is 48.7. The summed E-state index contributed by atoms with van der Waals surface area (Å²) < 4.78 is 33.1. The standard InChI is InChI=1S/C56H95N7O15/c1-14-36(7)50(62-55(71)49(35(5)6)61-54(70)48(57-10)34(3)4)43(73-11)31-45(66)63-28-20-24-42(63)51(75-13)37(8)52(68)60-41(30-39-22-17-16-18-23-39)53(69)58-27-21-29-76-56(72)38(9)59-44(65)25-19-26-46(67)77-33-47(74-12)78-40(15-2)32-64/h16-18,22-23,34-38,40-43,47-51,57,64H,14-15,19-21,24-33H2,1-13H3,(H,58,69)(H,59,65)(H,60,68)(H,61,70)(H,62,71)/t36-,37+,38-,40?,41-,42-,43+,47?,48-,49-,50-,51+/m0/s1. The van der Waals surface area contributed by atoms with Crippen LogP contribution >= 0.6 is 0 Å². The van der Waals surface area contributed by atoms with Crippen LogP contribution in [0.25, 0.3) is 0 Å². The summed E-state index contributed by atoms with van der Waals surface area (Å²) >= 11 is 0. The minimum atomic E-state index is -0.999. The van der Waals surface area contributed by atoms with Gasteiger partial charge in [0.25, 0.3) is 0 Å². The van der Waals surface area contributed by atoms with Crippen molar-refractivity contribution >= 4 is 47.4 Å². The van der Waals surface area contributed by atoms with E-state index in [-0.39, 0.29) is 100 Å². The average Bonchev–Trinajstić information content (AvgIpc) is 3.91. The van der Waals surface area contributed by atoms with E-state index in [9.17, 15) is 43.5 Å². The van der Waals surface area contributed by atoms with Crippen LogP contribution in [-0.2, 0) is 73.2 Å². The van der Waals surface area contributed by atoms with Crippen LogP contribution in [0.4, 0.5) is 0 Å². The van der Waals surface area contributed by atoms with Crippen molar-refractivity contribution in [3.8, 4) is 0 Å². The van der Waals surface area contributed by atoms with Crippen LogP contribution in [0.5, 0.6) is 0 Å². The van der Waals surface area contributed by atoms with Gasteiger partial charge in [-0.15, -0.1) is 0 Å². The normalized spacial score (nSPS) is 17.7. The molecule has 22 heteroatoms. The Morgan fingerprint density at radius 3 is 1.99 bits per heavy atom. The Kier molecular flexibility index (Phi) is 32.5. The Bertz CT molecular complexity index is 1990. The van der Waals surface area contributed by atoms with Crippen molar-refractivity contribution in [1.82, 2.24) is 36.8 Å². The Hall–Kier alpha value is -5.26. The third kappa shape index (κ3) is 23.2. The number of nitrogens with one attached hydrogen (secondary N) is 6. The number of nitrogens with zero attached hydrogens (tertiary/aromatic N) is 1. The van der Waals surface area contributed by atoms with Crippen LogP contribution in [0.15, 0.2) is 30.3 Å². The number of likely N-dealkylation sites (N-methyl/N-ethyl adjacent to an activating group) is 1. The maximum Gasteiger partial charge on any atom is 0.328 e. The fourth-order valence-electron chi connectivity index (χ4n) is 9.30. The van der Waals surface area contributed by atoms with E-state index in [4.69, 9.17) is 28.4 Å². The zero-order valence-electron chi connectivity index (χ0n) is 48.7. The fourth-order valence-corrected chi connectivity index (χ4v) is 9.30. The Morgan fingerprint density at radius 1 is 0.744 bits per heavy atom. The maximum absolute atomic E-state index is 14.3. The van der Waals surface area contributed by atoms with Crippen molar-refractivity contribution in [2.24, 2.45) is 23.7 Å². The monoisotopic (exact) mass is 1110 g/mol. The molecule has 6 amide bonds. The van der Waals surface area contributed by atoms with E-state index in [1.807, 2.05) is 78.8 Å². The van der Waals surface area contributed by atoms with Crippen LogP contribution in [0, 0.1) is 23.7 Å². The van der Waals surface area contributed by atoms with Gasteiger partial charge in [0.2, 0.25) is 35.4 Å². The van der Waals surface area contributed by atoms with Gasteiger partial charge in [-0.3, -0.25) is 33.6 Å².